The van der Waals surface area contributed by atoms with Gasteiger partial charge in [0.15, 0.2) is 0 Å². The van der Waals surface area contributed by atoms with Crippen molar-refractivity contribution in [3.63, 3.8) is 0 Å². The van der Waals surface area contributed by atoms with Crippen molar-refractivity contribution in [3.8, 4) is 34.2 Å². The molecule has 0 aromatic carbocycles. The minimum absolute atomic E-state index is 0. The molecule has 0 aliphatic heterocycles. The maximum Gasteiger partial charge on any atom is 0.0888 e. The molecule has 0 bridgehead atoms. The van der Waals surface area contributed by atoms with Gasteiger partial charge in [0.05, 0.1) is 34.2 Å². The Bertz CT molecular complexity index is 1430. The Morgan fingerprint density at radius 3 is 0.535 bits per heavy atom. The number of pyridine rings is 6. The topological polar surface area (TPSA) is 77.3 Å². The molecule has 0 saturated heterocycles. The van der Waals surface area contributed by atoms with Gasteiger partial charge in [-0.1, -0.05) is 0 Å². The van der Waals surface area contributed by atoms with Crippen molar-refractivity contribution in [1.29, 1.82) is 0 Å². The molecule has 6 aromatic rings. The zero-order valence-corrected chi connectivity index (χ0v) is 26.5. The SMILES string of the molecule is Cc1ccnc(-c2cc(C)ccn2)c1.Cc1ccnc(-c2cc(C)ccn2)c1.Cc1ccnc(-c2cc(C)ccn2)c1.[Fe]. The Morgan fingerprint density at radius 1 is 0.279 bits per heavy atom. The molecule has 0 aliphatic rings. The third-order valence-corrected chi connectivity index (χ3v) is 6.28. The molecule has 0 N–H and O–H groups in total. The Hall–Kier alpha value is -4.58. The van der Waals surface area contributed by atoms with Crippen molar-refractivity contribution in [2.45, 2.75) is 41.5 Å². The van der Waals surface area contributed by atoms with Crippen molar-refractivity contribution in [1.82, 2.24) is 29.9 Å². The largest absolute Gasteiger partial charge is 0.255 e. The van der Waals surface area contributed by atoms with E-state index in [9.17, 15) is 0 Å². The van der Waals surface area contributed by atoms with Gasteiger partial charge in [-0.15, -0.1) is 0 Å². The van der Waals surface area contributed by atoms with Crippen LogP contribution in [-0.2, 0) is 17.1 Å². The molecule has 0 radical (unpaired) electrons. The van der Waals surface area contributed by atoms with E-state index in [0.717, 1.165) is 34.2 Å². The minimum atomic E-state index is 0. The zero-order valence-electron chi connectivity index (χ0n) is 25.4. The third kappa shape index (κ3) is 10.3. The molecule has 6 rings (SSSR count). The van der Waals surface area contributed by atoms with Gasteiger partial charge in [0.2, 0.25) is 0 Å². The zero-order chi connectivity index (χ0) is 29.9. The van der Waals surface area contributed by atoms with E-state index in [2.05, 4.69) is 71.4 Å². The molecule has 218 valence electrons. The first-order chi connectivity index (χ1) is 20.3. The number of rotatable bonds is 3. The van der Waals surface area contributed by atoms with Crippen LogP contribution in [0.25, 0.3) is 34.2 Å². The summed E-state index contributed by atoms with van der Waals surface area (Å²) >= 11 is 0. The Kier molecular flexibility index (Phi) is 12.4. The van der Waals surface area contributed by atoms with Crippen LogP contribution in [0.3, 0.4) is 0 Å². The quantitative estimate of drug-likeness (QED) is 0.188. The summed E-state index contributed by atoms with van der Waals surface area (Å²) in [7, 11) is 0. The monoisotopic (exact) mass is 608 g/mol. The molecule has 0 fully saturated rings. The molecule has 0 saturated carbocycles. The number of aromatic nitrogens is 6. The molecule has 0 atom stereocenters. The molecule has 0 spiro atoms. The van der Waals surface area contributed by atoms with Crippen LogP contribution >= 0.6 is 0 Å². The molecular formula is C36H36FeN6. The van der Waals surface area contributed by atoms with Crippen molar-refractivity contribution >= 4 is 0 Å². The van der Waals surface area contributed by atoms with Crippen LogP contribution in [-0.4, -0.2) is 29.9 Å². The number of nitrogens with zero attached hydrogens (tertiary/aromatic N) is 6. The van der Waals surface area contributed by atoms with Crippen LogP contribution < -0.4 is 0 Å². The van der Waals surface area contributed by atoms with Crippen molar-refractivity contribution < 1.29 is 17.1 Å². The summed E-state index contributed by atoms with van der Waals surface area (Å²) in [5, 5.41) is 0. The van der Waals surface area contributed by atoms with Gasteiger partial charge in [0.1, 0.15) is 0 Å². The molecule has 7 heteroatoms. The molecule has 6 nitrogen and oxygen atoms in total. The summed E-state index contributed by atoms with van der Waals surface area (Å²) in [6.45, 7) is 12.3. The average molecular weight is 609 g/mol. The fourth-order valence-electron chi connectivity index (χ4n) is 4.06. The van der Waals surface area contributed by atoms with Gasteiger partial charge in [0, 0.05) is 54.2 Å². The maximum atomic E-state index is 4.29. The van der Waals surface area contributed by atoms with Gasteiger partial charge in [-0.05, 0) is 148 Å². The van der Waals surface area contributed by atoms with E-state index in [-0.39, 0.29) is 17.1 Å². The molecule has 43 heavy (non-hydrogen) atoms. The van der Waals surface area contributed by atoms with Gasteiger partial charge in [-0.3, -0.25) is 29.9 Å². The van der Waals surface area contributed by atoms with Gasteiger partial charge < -0.3 is 0 Å². The molecule has 0 unspecified atom stereocenters. The molecule has 0 amide bonds. The van der Waals surface area contributed by atoms with Gasteiger partial charge in [-0.25, -0.2) is 0 Å². The fraction of sp³-hybridized carbons (Fsp3) is 0.167. The molecular weight excluding hydrogens is 572 g/mol. The van der Waals surface area contributed by atoms with E-state index in [1.54, 1.807) is 0 Å². The van der Waals surface area contributed by atoms with Crippen LogP contribution in [0.15, 0.2) is 110 Å². The smallest absolute Gasteiger partial charge is 0.0888 e. The summed E-state index contributed by atoms with van der Waals surface area (Å²) < 4.78 is 0. The van der Waals surface area contributed by atoms with E-state index in [1.807, 2.05) is 110 Å². The van der Waals surface area contributed by atoms with Crippen LogP contribution in [0, 0.1) is 41.5 Å². The summed E-state index contributed by atoms with van der Waals surface area (Å²) in [5.74, 6) is 0. The van der Waals surface area contributed by atoms with E-state index >= 15 is 0 Å². The second-order valence-electron chi connectivity index (χ2n) is 10.3. The number of hydrogen-bond donors (Lipinski definition) is 0. The second-order valence-corrected chi connectivity index (χ2v) is 10.3. The van der Waals surface area contributed by atoms with E-state index in [4.69, 9.17) is 0 Å². The minimum Gasteiger partial charge on any atom is -0.255 e. The Labute approximate surface area is 265 Å². The van der Waals surface area contributed by atoms with E-state index < -0.39 is 0 Å². The normalized spacial score (nSPS) is 9.91. The van der Waals surface area contributed by atoms with Crippen molar-refractivity contribution in [2.24, 2.45) is 0 Å². The van der Waals surface area contributed by atoms with Gasteiger partial charge in [-0.2, -0.15) is 0 Å². The molecule has 6 heterocycles. The predicted octanol–water partition coefficient (Wildman–Crippen LogP) is 8.28. The number of hydrogen-bond acceptors (Lipinski definition) is 6. The first-order valence-electron chi connectivity index (χ1n) is 13.8. The average Bonchev–Trinajstić information content (AvgIpc) is 2.98. The third-order valence-electron chi connectivity index (χ3n) is 6.28. The maximum absolute atomic E-state index is 4.29. The van der Waals surface area contributed by atoms with Crippen molar-refractivity contribution in [2.75, 3.05) is 0 Å². The van der Waals surface area contributed by atoms with Gasteiger partial charge in [0.25, 0.3) is 0 Å². The van der Waals surface area contributed by atoms with Crippen LogP contribution in [0.2, 0.25) is 0 Å². The molecule has 6 aromatic heterocycles. The number of aryl methyl sites for hydroxylation is 6. The first-order valence-corrected chi connectivity index (χ1v) is 13.8. The second kappa shape index (κ2) is 16.2. The fourth-order valence-corrected chi connectivity index (χ4v) is 4.06. The van der Waals surface area contributed by atoms with Crippen LogP contribution in [0.4, 0.5) is 0 Å². The van der Waals surface area contributed by atoms with E-state index in [0.29, 0.717) is 0 Å². The Morgan fingerprint density at radius 2 is 0.419 bits per heavy atom. The summed E-state index contributed by atoms with van der Waals surface area (Å²) in [4.78, 5) is 25.7. The van der Waals surface area contributed by atoms with Crippen molar-refractivity contribution in [3.05, 3.63) is 143 Å². The Balaban J connectivity index is 0.000000175. The molecule has 0 aliphatic carbocycles. The predicted molar refractivity (Wildman–Crippen MR) is 171 cm³/mol. The standard InChI is InChI=1S/3C12H12N2.Fe/c3*1-9-3-5-13-11(7-9)12-8-10(2)4-6-14-12;/h3*3-8H,1-2H3;. The van der Waals surface area contributed by atoms with Gasteiger partial charge >= 0.3 is 0 Å². The summed E-state index contributed by atoms with van der Waals surface area (Å²) in [6, 6.07) is 24.2. The van der Waals surface area contributed by atoms with Crippen LogP contribution in [0.1, 0.15) is 33.4 Å². The summed E-state index contributed by atoms with van der Waals surface area (Å²) in [6.07, 6.45) is 10.9. The van der Waals surface area contributed by atoms with E-state index in [1.165, 1.54) is 33.4 Å². The summed E-state index contributed by atoms with van der Waals surface area (Å²) in [5.41, 5.74) is 12.9. The van der Waals surface area contributed by atoms with Crippen LogP contribution in [0.5, 0.6) is 0 Å². The first kappa shape index (κ1) is 32.9.